The van der Waals surface area contributed by atoms with Crippen LogP contribution in [-0.2, 0) is 16.1 Å². The predicted molar refractivity (Wildman–Crippen MR) is 85.1 cm³/mol. The molecule has 116 valence electrons. The molecule has 0 aromatic heterocycles. The minimum atomic E-state index is -0.132. The third-order valence-corrected chi connectivity index (χ3v) is 3.73. The highest BCUT2D eigenvalue weighted by atomic mass is 35.5. The first-order valence-corrected chi connectivity index (χ1v) is 7.56. The normalized spacial score (nSPS) is 10.3. The molecule has 0 aliphatic heterocycles. The van der Waals surface area contributed by atoms with E-state index in [0.29, 0.717) is 18.1 Å². The molecule has 0 fully saturated rings. The fourth-order valence-electron chi connectivity index (χ4n) is 1.91. The number of amides is 2. The van der Waals surface area contributed by atoms with Gasteiger partial charge in [-0.2, -0.15) is 0 Å². The SMILES string of the molecule is CCCCN(C)C(=O)CN(Cc1ccccc1Cl)C(C)=O. The molecular formula is C16H23ClN2O2. The Morgan fingerprint density at radius 2 is 1.90 bits per heavy atom. The molecule has 4 nitrogen and oxygen atoms in total. The Morgan fingerprint density at radius 1 is 1.24 bits per heavy atom. The third-order valence-electron chi connectivity index (χ3n) is 3.36. The molecule has 21 heavy (non-hydrogen) atoms. The molecule has 1 aromatic rings. The molecule has 0 saturated heterocycles. The minimum absolute atomic E-state index is 0.0503. The summed E-state index contributed by atoms with van der Waals surface area (Å²) >= 11 is 6.11. The van der Waals surface area contributed by atoms with Gasteiger partial charge < -0.3 is 9.80 Å². The maximum atomic E-state index is 12.1. The number of benzene rings is 1. The summed E-state index contributed by atoms with van der Waals surface area (Å²) < 4.78 is 0. The van der Waals surface area contributed by atoms with Crippen molar-refractivity contribution in [2.75, 3.05) is 20.1 Å². The molecule has 1 aromatic carbocycles. The van der Waals surface area contributed by atoms with Gasteiger partial charge in [0.05, 0.1) is 0 Å². The first kappa shape index (κ1) is 17.5. The van der Waals surface area contributed by atoms with Crippen molar-refractivity contribution in [3.63, 3.8) is 0 Å². The van der Waals surface area contributed by atoms with E-state index in [1.54, 1.807) is 18.0 Å². The Bertz CT molecular complexity index is 491. The van der Waals surface area contributed by atoms with E-state index < -0.39 is 0 Å². The molecule has 0 radical (unpaired) electrons. The van der Waals surface area contributed by atoms with E-state index in [0.717, 1.165) is 18.4 Å². The summed E-state index contributed by atoms with van der Waals surface area (Å²) in [4.78, 5) is 27.1. The van der Waals surface area contributed by atoms with Crippen molar-refractivity contribution in [2.24, 2.45) is 0 Å². The number of hydrogen-bond acceptors (Lipinski definition) is 2. The van der Waals surface area contributed by atoms with Crippen LogP contribution in [0.5, 0.6) is 0 Å². The lowest BCUT2D eigenvalue weighted by molar-refractivity contribution is -0.139. The van der Waals surface area contributed by atoms with Gasteiger partial charge in [0.1, 0.15) is 6.54 Å². The number of unbranched alkanes of at least 4 members (excludes halogenated alkanes) is 1. The first-order chi connectivity index (χ1) is 9.95. The smallest absolute Gasteiger partial charge is 0.241 e. The molecule has 0 aliphatic rings. The molecule has 0 saturated carbocycles. The van der Waals surface area contributed by atoms with Gasteiger partial charge in [-0.3, -0.25) is 9.59 Å². The molecule has 0 aliphatic carbocycles. The Hall–Kier alpha value is -1.55. The number of hydrogen-bond donors (Lipinski definition) is 0. The monoisotopic (exact) mass is 310 g/mol. The number of nitrogens with zero attached hydrogens (tertiary/aromatic N) is 2. The van der Waals surface area contributed by atoms with E-state index in [2.05, 4.69) is 6.92 Å². The summed E-state index contributed by atoms with van der Waals surface area (Å²) in [5.74, 6) is -0.183. The summed E-state index contributed by atoms with van der Waals surface area (Å²) in [6, 6.07) is 7.36. The highest BCUT2D eigenvalue weighted by Crippen LogP contribution is 2.17. The Morgan fingerprint density at radius 3 is 2.48 bits per heavy atom. The summed E-state index contributed by atoms with van der Waals surface area (Å²) in [7, 11) is 1.77. The quantitative estimate of drug-likeness (QED) is 0.777. The maximum Gasteiger partial charge on any atom is 0.241 e. The van der Waals surface area contributed by atoms with Crippen molar-refractivity contribution < 1.29 is 9.59 Å². The third kappa shape index (κ3) is 5.76. The van der Waals surface area contributed by atoms with Crippen molar-refractivity contribution in [3.8, 4) is 0 Å². The van der Waals surface area contributed by atoms with Gasteiger partial charge in [-0.15, -0.1) is 0 Å². The fraction of sp³-hybridized carbons (Fsp3) is 0.500. The van der Waals surface area contributed by atoms with Gasteiger partial charge in [-0.1, -0.05) is 43.1 Å². The van der Waals surface area contributed by atoms with Crippen molar-refractivity contribution in [1.29, 1.82) is 0 Å². The zero-order valence-corrected chi connectivity index (χ0v) is 13.7. The second kappa shape index (κ2) is 8.67. The number of halogens is 1. The van der Waals surface area contributed by atoms with Crippen molar-refractivity contribution >= 4 is 23.4 Å². The molecule has 0 N–H and O–H groups in total. The Labute approximate surface area is 131 Å². The number of carbonyl (C=O) groups is 2. The van der Waals surface area contributed by atoms with Gasteiger partial charge >= 0.3 is 0 Å². The van der Waals surface area contributed by atoms with Crippen LogP contribution in [0, 0.1) is 0 Å². The number of likely N-dealkylation sites (N-methyl/N-ethyl adjacent to an activating group) is 1. The van der Waals surface area contributed by atoms with Crippen LogP contribution in [-0.4, -0.2) is 41.8 Å². The largest absolute Gasteiger partial charge is 0.344 e. The van der Waals surface area contributed by atoms with E-state index in [9.17, 15) is 9.59 Å². The summed E-state index contributed by atoms with van der Waals surface area (Å²) in [5.41, 5.74) is 0.846. The van der Waals surface area contributed by atoms with E-state index in [1.165, 1.54) is 11.8 Å². The predicted octanol–water partition coefficient (Wildman–Crippen LogP) is 2.95. The van der Waals surface area contributed by atoms with Gasteiger partial charge in [0.2, 0.25) is 11.8 Å². The van der Waals surface area contributed by atoms with Crippen molar-refractivity contribution in [1.82, 2.24) is 9.80 Å². The van der Waals surface area contributed by atoms with Crippen LogP contribution in [0.2, 0.25) is 5.02 Å². The lowest BCUT2D eigenvalue weighted by atomic mass is 10.2. The van der Waals surface area contributed by atoms with Crippen LogP contribution < -0.4 is 0 Å². The molecule has 2 amide bonds. The molecule has 5 heteroatoms. The molecule has 0 atom stereocenters. The first-order valence-electron chi connectivity index (χ1n) is 7.18. The van der Waals surface area contributed by atoms with Crippen LogP contribution in [0.1, 0.15) is 32.3 Å². The Balaban J connectivity index is 2.68. The van der Waals surface area contributed by atoms with E-state index in [1.807, 2.05) is 18.2 Å². The lowest BCUT2D eigenvalue weighted by Gasteiger charge is -2.24. The second-order valence-electron chi connectivity index (χ2n) is 5.14. The van der Waals surface area contributed by atoms with Crippen LogP contribution in [0.4, 0.5) is 0 Å². The average molecular weight is 311 g/mol. The molecule has 0 unspecified atom stereocenters. The molecule has 0 bridgehead atoms. The Kier molecular flexibility index (Phi) is 7.23. The van der Waals surface area contributed by atoms with E-state index in [4.69, 9.17) is 11.6 Å². The standard InChI is InChI=1S/C16H23ClN2O2/c1-4-5-10-18(3)16(21)12-19(13(2)20)11-14-8-6-7-9-15(14)17/h6-9H,4-5,10-12H2,1-3H3. The molecule has 0 spiro atoms. The van der Waals surface area contributed by atoms with Gasteiger partial charge in [-0.05, 0) is 18.1 Å². The molecule has 1 rings (SSSR count). The maximum absolute atomic E-state index is 12.1. The van der Waals surface area contributed by atoms with Gasteiger partial charge in [0.25, 0.3) is 0 Å². The van der Waals surface area contributed by atoms with Crippen LogP contribution in [0.25, 0.3) is 0 Å². The molecule has 0 heterocycles. The molecular weight excluding hydrogens is 288 g/mol. The van der Waals surface area contributed by atoms with E-state index >= 15 is 0 Å². The van der Waals surface area contributed by atoms with Gasteiger partial charge in [0, 0.05) is 32.1 Å². The highest BCUT2D eigenvalue weighted by molar-refractivity contribution is 6.31. The lowest BCUT2D eigenvalue weighted by Crippen LogP contribution is -2.40. The van der Waals surface area contributed by atoms with Gasteiger partial charge in [-0.25, -0.2) is 0 Å². The van der Waals surface area contributed by atoms with Crippen LogP contribution in [0.15, 0.2) is 24.3 Å². The summed E-state index contributed by atoms with van der Waals surface area (Å²) in [6.45, 7) is 4.70. The minimum Gasteiger partial charge on any atom is -0.344 e. The fourth-order valence-corrected chi connectivity index (χ4v) is 2.11. The number of carbonyl (C=O) groups excluding carboxylic acids is 2. The van der Waals surface area contributed by atoms with Crippen LogP contribution in [0.3, 0.4) is 0 Å². The van der Waals surface area contributed by atoms with Gasteiger partial charge in [0.15, 0.2) is 0 Å². The second-order valence-corrected chi connectivity index (χ2v) is 5.54. The van der Waals surface area contributed by atoms with Crippen molar-refractivity contribution in [2.45, 2.75) is 33.2 Å². The average Bonchev–Trinajstić information content (AvgIpc) is 2.45. The van der Waals surface area contributed by atoms with Crippen LogP contribution >= 0.6 is 11.6 Å². The highest BCUT2D eigenvalue weighted by Gasteiger charge is 2.17. The summed E-state index contributed by atoms with van der Waals surface area (Å²) in [5, 5.41) is 0.607. The van der Waals surface area contributed by atoms with Crippen molar-refractivity contribution in [3.05, 3.63) is 34.9 Å². The topological polar surface area (TPSA) is 40.6 Å². The number of rotatable bonds is 7. The zero-order valence-electron chi connectivity index (χ0n) is 12.9. The van der Waals surface area contributed by atoms with E-state index in [-0.39, 0.29) is 18.4 Å². The summed E-state index contributed by atoms with van der Waals surface area (Å²) in [6.07, 6.45) is 2.00. The zero-order chi connectivity index (χ0) is 15.8.